The van der Waals surface area contributed by atoms with Gasteiger partial charge in [0.2, 0.25) is 0 Å². The van der Waals surface area contributed by atoms with E-state index in [4.69, 9.17) is 10.5 Å². The van der Waals surface area contributed by atoms with Crippen LogP contribution in [0.1, 0.15) is 36.9 Å². The van der Waals surface area contributed by atoms with E-state index < -0.39 is 0 Å². The zero-order valence-corrected chi connectivity index (χ0v) is 15.7. The number of cyclic esters (lactones) is 1. The lowest BCUT2D eigenvalue weighted by molar-refractivity contribution is 0.0146. The summed E-state index contributed by atoms with van der Waals surface area (Å²) in [6.45, 7) is 6.95. The molecule has 1 aliphatic heterocycles. The van der Waals surface area contributed by atoms with E-state index in [0.29, 0.717) is 6.54 Å². The first kappa shape index (κ1) is 20.6. The summed E-state index contributed by atoms with van der Waals surface area (Å²) < 4.78 is 17.3. The molecule has 1 amide bonds. The monoisotopic (exact) mass is 370 g/mol. The van der Waals surface area contributed by atoms with Crippen molar-refractivity contribution in [1.82, 2.24) is 4.90 Å². The molecule has 1 heterocycles. The largest absolute Gasteiger partial charge is 0.446 e. The molecule has 1 fully saturated rings. The normalized spacial score (nSPS) is 17.4. The summed E-state index contributed by atoms with van der Waals surface area (Å²) in [5, 5.41) is 0. The van der Waals surface area contributed by atoms with Crippen molar-refractivity contribution < 1.29 is 13.9 Å². The Hall–Kier alpha value is -2.66. The molecule has 5 heteroatoms. The van der Waals surface area contributed by atoms with Crippen LogP contribution in [0.25, 0.3) is 0 Å². The minimum Gasteiger partial charge on any atom is -0.446 e. The Morgan fingerprint density at radius 1 is 1.26 bits per heavy atom. The quantitative estimate of drug-likeness (QED) is 0.768. The number of benzene rings is 2. The average Bonchev–Trinajstić information content (AvgIpc) is 2.69. The maximum Gasteiger partial charge on any atom is 0.410 e. The Bertz CT molecular complexity index is 719. The molecule has 0 radical (unpaired) electrons. The summed E-state index contributed by atoms with van der Waals surface area (Å²) in [4.78, 5) is 13.8. The van der Waals surface area contributed by atoms with E-state index in [0.717, 1.165) is 30.5 Å². The smallest absolute Gasteiger partial charge is 0.410 e. The van der Waals surface area contributed by atoms with Crippen LogP contribution in [-0.2, 0) is 11.3 Å². The molecule has 3 rings (SSSR count). The molecule has 1 saturated heterocycles. The highest BCUT2D eigenvalue weighted by Crippen LogP contribution is 2.26. The first-order valence-corrected chi connectivity index (χ1v) is 9.12. The summed E-state index contributed by atoms with van der Waals surface area (Å²) in [5.41, 5.74) is 7.78. The Kier molecular flexibility index (Phi) is 8.01. The van der Waals surface area contributed by atoms with Crippen LogP contribution in [0.3, 0.4) is 0 Å². The van der Waals surface area contributed by atoms with Gasteiger partial charge in [0, 0.05) is 25.9 Å². The van der Waals surface area contributed by atoms with Gasteiger partial charge in [-0.15, -0.1) is 6.58 Å². The Morgan fingerprint density at radius 3 is 2.41 bits per heavy atom. The minimum atomic E-state index is -0.237. The highest BCUT2D eigenvalue weighted by molar-refractivity contribution is 5.69. The van der Waals surface area contributed by atoms with Gasteiger partial charge in [-0.3, -0.25) is 0 Å². The summed E-state index contributed by atoms with van der Waals surface area (Å²) in [6.07, 6.45) is 3.10. The third-order valence-electron chi connectivity index (χ3n) is 4.52. The van der Waals surface area contributed by atoms with E-state index in [-0.39, 0.29) is 24.1 Å². The number of hydrogen-bond acceptors (Lipinski definition) is 3. The lowest BCUT2D eigenvalue weighted by Gasteiger charge is -2.35. The van der Waals surface area contributed by atoms with Gasteiger partial charge in [0.15, 0.2) is 0 Å². The minimum absolute atomic E-state index is 0.0130. The molecule has 2 unspecified atom stereocenters. The van der Waals surface area contributed by atoms with Crippen molar-refractivity contribution in [3.63, 3.8) is 0 Å². The van der Waals surface area contributed by atoms with E-state index in [9.17, 15) is 9.18 Å². The van der Waals surface area contributed by atoms with Gasteiger partial charge in [-0.05, 0) is 30.2 Å². The predicted molar refractivity (Wildman–Crippen MR) is 106 cm³/mol. The summed E-state index contributed by atoms with van der Waals surface area (Å²) in [5.74, 6) is -0.178. The van der Waals surface area contributed by atoms with Gasteiger partial charge >= 0.3 is 6.09 Å². The van der Waals surface area contributed by atoms with E-state index >= 15 is 0 Å². The summed E-state index contributed by atoms with van der Waals surface area (Å²) in [6, 6.07) is 16.0. The van der Waals surface area contributed by atoms with Gasteiger partial charge in [0.05, 0.1) is 6.04 Å². The van der Waals surface area contributed by atoms with Crippen LogP contribution < -0.4 is 5.73 Å². The SMILES string of the molecule is C=CCC1CCN(C(C)c2ccc(CN)cc2)C(=O)O1.Fc1ccccc1. The fourth-order valence-corrected chi connectivity index (χ4v) is 2.87. The number of carbonyl (C=O) groups excluding carboxylic acids is 1. The fraction of sp³-hybridized carbons (Fsp3) is 0.318. The Morgan fingerprint density at radius 2 is 1.93 bits per heavy atom. The van der Waals surface area contributed by atoms with Crippen molar-refractivity contribution in [2.45, 2.75) is 38.5 Å². The average molecular weight is 370 g/mol. The number of carbonyl (C=O) groups is 1. The topological polar surface area (TPSA) is 55.6 Å². The van der Waals surface area contributed by atoms with Crippen LogP contribution in [0.5, 0.6) is 0 Å². The molecule has 144 valence electrons. The highest BCUT2D eigenvalue weighted by atomic mass is 19.1. The third-order valence-corrected chi connectivity index (χ3v) is 4.52. The molecule has 27 heavy (non-hydrogen) atoms. The number of rotatable bonds is 5. The molecule has 2 atom stereocenters. The summed E-state index contributed by atoms with van der Waals surface area (Å²) in [7, 11) is 0. The van der Waals surface area contributed by atoms with Crippen molar-refractivity contribution in [1.29, 1.82) is 0 Å². The Labute approximate surface area is 160 Å². The zero-order valence-electron chi connectivity index (χ0n) is 15.7. The van der Waals surface area contributed by atoms with Gasteiger partial charge in [0.1, 0.15) is 11.9 Å². The van der Waals surface area contributed by atoms with E-state index in [2.05, 4.69) is 6.58 Å². The van der Waals surface area contributed by atoms with Gasteiger partial charge < -0.3 is 15.4 Å². The van der Waals surface area contributed by atoms with Crippen LogP contribution in [0.15, 0.2) is 67.3 Å². The number of ether oxygens (including phenoxy) is 1. The lowest BCUT2D eigenvalue weighted by Crippen LogP contribution is -2.43. The van der Waals surface area contributed by atoms with E-state index in [1.54, 1.807) is 29.2 Å². The van der Waals surface area contributed by atoms with Crippen molar-refractivity contribution in [2.75, 3.05) is 6.54 Å². The number of amides is 1. The first-order chi connectivity index (χ1) is 13.0. The second-order valence-corrected chi connectivity index (χ2v) is 6.43. The maximum atomic E-state index is 12.1. The molecule has 2 N–H and O–H groups in total. The third kappa shape index (κ3) is 6.22. The van der Waals surface area contributed by atoms with Gasteiger partial charge in [-0.25, -0.2) is 9.18 Å². The van der Waals surface area contributed by atoms with Crippen molar-refractivity contribution >= 4 is 6.09 Å². The summed E-state index contributed by atoms with van der Waals surface area (Å²) >= 11 is 0. The van der Waals surface area contributed by atoms with Gasteiger partial charge in [-0.2, -0.15) is 0 Å². The van der Waals surface area contributed by atoms with Crippen LogP contribution >= 0.6 is 0 Å². The molecule has 1 aliphatic rings. The second kappa shape index (κ2) is 10.5. The maximum absolute atomic E-state index is 12.1. The molecular weight excluding hydrogens is 343 g/mol. The molecule has 2 aromatic rings. The number of nitrogens with zero attached hydrogens (tertiary/aromatic N) is 1. The second-order valence-electron chi connectivity index (χ2n) is 6.43. The molecule has 0 bridgehead atoms. The van der Waals surface area contributed by atoms with E-state index in [1.165, 1.54) is 12.1 Å². The number of nitrogens with two attached hydrogens (primary N) is 1. The predicted octanol–water partition coefficient (Wildman–Crippen LogP) is 4.82. The van der Waals surface area contributed by atoms with Crippen molar-refractivity contribution in [3.05, 3.63) is 84.2 Å². The number of halogens is 1. The molecule has 0 aliphatic carbocycles. The van der Waals surface area contributed by atoms with Crippen LogP contribution in [0.2, 0.25) is 0 Å². The number of hydrogen-bond donors (Lipinski definition) is 1. The molecule has 0 aromatic heterocycles. The van der Waals surface area contributed by atoms with Crippen LogP contribution in [-0.4, -0.2) is 23.6 Å². The van der Waals surface area contributed by atoms with Crippen molar-refractivity contribution in [3.8, 4) is 0 Å². The Balaban J connectivity index is 0.000000313. The molecule has 0 saturated carbocycles. The zero-order chi connectivity index (χ0) is 19.6. The molecular formula is C22H27FN2O2. The highest BCUT2D eigenvalue weighted by Gasteiger charge is 2.30. The molecule has 2 aromatic carbocycles. The fourth-order valence-electron chi connectivity index (χ4n) is 2.87. The van der Waals surface area contributed by atoms with Gasteiger partial charge in [-0.1, -0.05) is 48.5 Å². The van der Waals surface area contributed by atoms with E-state index in [1.807, 2.05) is 31.2 Å². The molecule has 4 nitrogen and oxygen atoms in total. The van der Waals surface area contributed by atoms with Crippen LogP contribution in [0, 0.1) is 5.82 Å². The van der Waals surface area contributed by atoms with Gasteiger partial charge in [0.25, 0.3) is 0 Å². The standard InChI is InChI=1S/C16H22N2O2.C6H5F/c1-3-4-15-9-10-18(16(19)20-15)12(2)14-7-5-13(11-17)6-8-14;7-6-4-2-1-3-5-6/h3,5-8,12,15H,1,4,9-11,17H2,2H3;1-5H. The molecule has 0 spiro atoms. The lowest BCUT2D eigenvalue weighted by atomic mass is 10.0. The van der Waals surface area contributed by atoms with Crippen LogP contribution in [0.4, 0.5) is 9.18 Å². The van der Waals surface area contributed by atoms with Crippen molar-refractivity contribution in [2.24, 2.45) is 5.73 Å². The first-order valence-electron chi connectivity index (χ1n) is 9.12.